The van der Waals surface area contributed by atoms with Crippen molar-refractivity contribution in [2.75, 3.05) is 20.1 Å². The van der Waals surface area contributed by atoms with Gasteiger partial charge in [0.2, 0.25) is 5.91 Å². The maximum atomic E-state index is 11.7. The molecule has 1 aliphatic rings. The average Bonchev–Trinajstić information content (AvgIpc) is 2.68. The first-order valence-electron chi connectivity index (χ1n) is 6.57. The highest BCUT2D eigenvalue weighted by Gasteiger charge is 2.27. The molecule has 0 spiro atoms. The number of amides is 3. The van der Waals surface area contributed by atoms with E-state index in [2.05, 4.69) is 10.6 Å². The minimum absolute atomic E-state index is 0.0641. The zero-order valence-corrected chi connectivity index (χ0v) is 12.1. The lowest BCUT2D eigenvalue weighted by molar-refractivity contribution is -0.126. The van der Waals surface area contributed by atoms with Crippen molar-refractivity contribution in [3.63, 3.8) is 0 Å². The van der Waals surface area contributed by atoms with E-state index in [1.54, 1.807) is 11.9 Å². The quantitative estimate of drug-likeness (QED) is 0.882. The Morgan fingerprint density at radius 1 is 1.50 bits per heavy atom. The minimum Gasteiger partial charge on any atom is -0.344 e. The van der Waals surface area contributed by atoms with Gasteiger partial charge in [0.25, 0.3) is 0 Å². The van der Waals surface area contributed by atoms with Gasteiger partial charge in [0, 0.05) is 31.6 Å². The van der Waals surface area contributed by atoms with Crippen LogP contribution in [0.3, 0.4) is 0 Å². The van der Waals surface area contributed by atoms with Crippen LogP contribution in [0, 0.1) is 0 Å². The van der Waals surface area contributed by atoms with Crippen LogP contribution >= 0.6 is 11.6 Å². The van der Waals surface area contributed by atoms with Crippen LogP contribution < -0.4 is 10.6 Å². The summed E-state index contributed by atoms with van der Waals surface area (Å²) in [5.74, 6) is 0.0641. The highest BCUT2D eigenvalue weighted by molar-refractivity contribution is 6.30. The summed E-state index contributed by atoms with van der Waals surface area (Å²) >= 11 is 5.89. The van der Waals surface area contributed by atoms with Gasteiger partial charge in [0.1, 0.15) is 0 Å². The fourth-order valence-corrected chi connectivity index (χ4v) is 2.42. The second-order valence-electron chi connectivity index (χ2n) is 4.96. The number of carbonyl (C=O) groups excluding carboxylic acids is 2. The molecule has 0 aliphatic carbocycles. The minimum atomic E-state index is -0.236. The van der Waals surface area contributed by atoms with E-state index in [4.69, 9.17) is 11.6 Å². The molecule has 1 aromatic rings. The Kier molecular flexibility index (Phi) is 4.84. The molecule has 0 aromatic heterocycles. The summed E-state index contributed by atoms with van der Waals surface area (Å²) in [6, 6.07) is 7.22. The summed E-state index contributed by atoms with van der Waals surface area (Å²) in [7, 11) is 1.74. The molecule has 1 unspecified atom stereocenters. The second kappa shape index (κ2) is 6.61. The molecule has 1 heterocycles. The van der Waals surface area contributed by atoms with Crippen LogP contribution in [0.15, 0.2) is 24.3 Å². The molecule has 1 fully saturated rings. The van der Waals surface area contributed by atoms with Gasteiger partial charge < -0.3 is 15.5 Å². The molecule has 1 aliphatic heterocycles. The third-order valence-electron chi connectivity index (χ3n) is 3.26. The number of benzene rings is 1. The number of rotatable bonds is 4. The predicted octanol–water partition coefficient (Wildman–Crippen LogP) is 1.41. The van der Waals surface area contributed by atoms with E-state index >= 15 is 0 Å². The Bertz CT molecular complexity index is 507. The van der Waals surface area contributed by atoms with Crippen molar-refractivity contribution < 1.29 is 9.59 Å². The lowest BCUT2D eigenvalue weighted by atomic mass is 10.1. The SMILES string of the molecule is CN1CC(NC(=O)NCCc2cccc(Cl)c2)CC1=O. The van der Waals surface area contributed by atoms with Gasteiger partial charge >= 0.3 is 6.03 Å². The molecule has 6 heteroatoms. The van der Waals surface area contributed by atoms with Crippen LogP contribution in [0.4, 0.5) is 4.79 Å². The van der Waals surface area contributed by atoms with Gasteiger partial charge in [-0.2, -0.15) is 0 Å². The maximum Gasteiger partial charge on any atom is 0.315 e. The van der Waals surface area contributed by atoms with Crippen molar-refractivity contribution in [3.8, 4) is 0 Å². The van der Waals surface area contributed by atoms with Gasteiger partial charge in [0.05, 0.1) is 6.04 Å². The molecule has 1 aromatic carbocycles. The smallest absolute Gasteiger partial charge is 0.315 e. The zero-order chi connectivity index (χ0) is 14.5. The molecule has 5 nitrogen and oxygen atoms in total. The number of nitrogens with zero attached hydrogens (tertiary/aromatic N) is 1. The van der Waals surface area contributed by atoms with Crippen LogP contribution in [0.5, 0.6) is 0 Å². The third kappa shape index (κ3) is 4.13. The molecule has 2 N–H and O–H groups in total. The molecule has 1 saturated heterocycles. The van der Waals surface area contributed by atoms with Crippen molar-refractivity contribution in [1.29, 1.82) is 0 Å². The first kappa shape index (κ1) is 14.7. The number of nitrogens with one attached hydrogen (secondary N) is 2. The first-order valence-corrected chi connectivity index (χ1v) is 6.95. The van der Waals surface area contributed by atoms with Crippen LogP contribution in [-0.4, -0.2) is 43.0 Å². The van der Waals surface area contributed by atoms with E-state index in [0.29, 0.717) is 24.5 Å². The first-order chi connectivity index (χ1) is 9.54. The van der Waals surface area contributed by atoms with Gasteiger partial charge in [-0.05, 0) is 24.1 Å². The van der Waals surface area contributed by atoms with Crippen LogP contribution in [-0.2, 0) is 11.2 Å². The van der Waals surface area contributed by atoms with E-state index in [0.717, 1.165) is 12.0 Å². The number of hydrogen-bond donors (Lipinski definition) is 2. The average molecular weight is 296 g/mol. The molecule has 0 saturated carbocycles. The van der Waals surface area contributed by atoms with Gasteiger partial charge in [-0.1, -0.05) is 23.7 Å². The molecule has 0 bridgehead atoms. The van der Waals surface area contributed by atoms with Crippen LogP contribution in [0.1, 0.15) is 12.0 Å². The zero-order valence-electron chi connectivity index (χ0n) is 11.4. The standard InChI is InChI=1S/C14H18ClN3O2/c1-18-9-12(8-13(18)19)17-14(20)16-6-5-10-3-2-4-11(15)7-10/h2-4,7,12H,5-6,8-9H2,1H3,(H2,16,17,20). The normalized spacial score (nSPS) is 18.2. The van der Waals surface area contributed by atoms with Gasteiger partial charge in [-0.25, -0.2) is 4.79 Å². The molecule has 108 valence electrons. The lowest BCUT2D eigenvalue weighted by Gasteiger charge is -2.13. The van der Waals surface area contributed by atoms with E-state index in [9.17, 15) is 9.59 Å². The topological polar surface area (TPSA) is 61.4 Å². The maximum absolute atomic E-state index is 11.7. The number of carbonyl (C=O) groups is 2. The van der Waals surface area contributed by atoms with Crippen LogP contribution in [0.25, 0.3) is 0 Å². The summed E-state index contributed by atoms with van der Waals surface area (Å²) in [4.78, 5) is 24.7. The second-order valence-corrected chi connectivity index (χ2v) is 5.39. The lowest BCUT2D eigenvalue weighted by Crippen LogP contribution is -2.43. The molecule has 3 amide bonds. The summed E-state index contributed by atoms with van der Waals surface area (Å²) in [5, 5.41) is 6.28. The Labute approximate surface area is 123 Å². The van der Waals surface area contributed by atoms with Gasteiger partial charge in [0.15, 0.2) is 0 Å². The number of halogens is 1. The van der Waals surface area contributed by atoms with Crippen molar-refractivity contribution >= 4 is 23.5 Å². The van der Waals surface area contributed by atoms with Crippen molar-refractivity contribution in [2.45, 2.75) is 18.9 Å². The number of hydrogen-bond acceptors (Lipinski definition) is 2. The van der Waals surface area contributed by atoms with E-state index in [1.165, 1.54) is 0 Å². The number of likely N-dealkylation sites (tertiary alicyclic amines) is 1. The molecule has 0 radical (unpaired) electrons. The highest BCUT2D eigenvalue weighted by atomic mass is 35.5. The van der Waals surface area contributed by atoms with Crippen molar-refractivity contribution in [3.05, 3.63) is 34.9 Å². The molecule has 20 heavy (non-hydrogen) atoms. The van der Waals surface area contributed by atoms with Crippen molar-refractivity contribution in [2.24, 2.45) is 0 Å². The summed E-state index contributed by atoms with van der Waals surface area (Å²) in [5.41, 5.74) is 1.08. The number of urea groups is 1. The largest absolute Gasteiger partial charge is 0.344 e. The van der Waals surface area contributed by atoms with E-state index in [1.807, 2.05) is 24.3 Å². The Morgan fingerprint density at radius 3 is 2.95 bits per heavy atom. The summed E-state index contributed by atoms with van der Waals surface area (Å²) in [6.45, 7) is 1.10. The Hall–Kier alpha value is -1.75. The fourth-order valence-electron chi connectivity index (χ4n) is 2.21. The third-order valence-corrected chi connectivity index (χ3v) is 3.50. The predicted molar refractivity (Wildman–Crippen MR) is 77.7 cm³/mol. The Balaban J connectivity index is 1.69. The fraction of sp³-hybridized carbons (Fsp3) is 0.429. The summed E-state index contributed by atoms with van der Waals surface area (Å²) in [6.07, 6.45) is 1.09. The molecular formula is C14H18ClN3O2. The Morgan fingerprint density at radius 2 is 2.30 bits per heavy atom. The number of likely N-dealkylation sites (N-methyl/N-ethyl adjacent to an activating group) is 1. The molecular weight excluding hydrogens is 278 g/mol. The van der Waals surface area contributed by atoms with Crippen molar-refractivity contribution in [1.82, 2.24) is 15.5 Å². The highest BCUT2D eigenvalue weighted by Crippen LogP contribution is 2.11. The summed E-state index contributed by atoms with van der Waals surface area (Å²) < 4.78 is 0. The van der Waals surface area contributed by atoms with E-state index < -0.39 is 0 Å². The monoisotopic (exact) mass is 295 g/mol. The van der Waals surface area contributed by atoms with Crippen LogP contribution in [0.2, 0.25) is 5.02 Å². The van der Waals surface area contributed by atoms with Gasteiger partial charge in [-0.3, -0.25) is 4.79 Å². The molecule has 2 rings (SSSR count). The van der Waals surface area contributed by atoms with E-state index in [-0.39, 0.29) is 18.0 Å². The van der Waals surface area contributed by atoms with Gasteiger partial charge in [-0.15, -0.1) is 0 Å². The molecule has 1 atom stereocenters.